The minimum absolute atomic E-state index is 0.000658. The van der Waals surface area contributed by atoms with Crippen molar-refractivity contribution in [3.63, 3.8) is 0 Å². The van der Waals surface area contributed by atoms with E-state index in [-0.39, 0.29) is 37.2 Å². The Morgan fingerprint density at radius 2 is 1.83 bits per heavy atom. The Labute approximate surface area is 141 Å². The summed E-state index contributed by atoms with van der Waals surface area (Å²) in [6.45, 7) is 8.22. The van der Waals surface area contributed by atoms with Crippen molar-refractivity contribution < 1.29 is 29.0 Å². The molecule has 134 valence electrons. The minimum atomic E-state index is -1.23. The van der Waals surface area contributed by atoms with Gasteiger partial charge in [0.25, 0.3) is 0 Å². The largest absolute Gasteiger partial charge is 0.477 e. The molecule has 1 aromatic rings. The van der Waals surface area contributed by atoms with Crippen LogP contribution in [0.15, 0.2) is 12.1 Å². The molecule has 0 bridgehead atoms. The summed E-state index contributed by atoms with van der Waals surface area (Å²) in [6, 6.07) is 2.83. The Morgan fingerprint density at radius 1 is 1.17 bits per heavy atom. The van der Waals surface area contributed by atoms with Crippen molar-refractivity contribution in [2.45, 2.75) is 47.0 Å². The molecular formula is C17H25NO6. The molecule has 1 rings (SSSR count). The topological polar surface area (TPSA) is 94.8 Å². The SMILES string of the molecule is CCOC(=O)CCc1ccc(C(=O)O)n1C(=O)OCCC(C)(C)C. The quantitative estimate of drug-likeness (QED) is 0.767. The van der Waals surface area contributed by atoms with Crippen LogP contribution in [0.3, 0.4) is 0 Å². The van der Waals surface area contributed by atoms with Crippen molar-refractivity contribution in [1.82, 2.24) is 4.57 Å². The Bertz CT molecular complexity index is 597. The van der Waals surface area contributed by atoms with Crippen LogP contribution >= 0.6 is 0 Å². The fourth-order valence-electron chi connectivity index (χ4n) is 2.03. The standard InChI is InChI=1S/C17H25NO6/c1-5-23-14(19)9-7-12-6-8-13(15(20)21)18(12)16(22)24-11-10-17(2,3)4/h6,8H,5,7,9-11H2,1-4H3,(H,20,21). The highest BCUT2D eigenvalue weighted by Gasteiger charge is 2.22. The molecular weight excluding hydrogens is 314 g/mol. The van der Waals surface area contributed by atoms with Gasteiger partial charge in [0.2, 0.25) is 0 Å². The molecule has 1 heterocycles. The Morgan fingerprint density at radius 3 is 2.38 bits per heavy atom. The molecule has 0 aliphatic rings. The number of aromatic nitrogens is 1. The minimum Gasteiger partial charge on any atom is -0.477 e. The second kappa shape index (κ2) is 8.52. The van der Waals surface area contributed by atoms with Crippen LogP contribution in [-0.4, -0.2) is 40.9 Å². The number of ether oxygens (including phenoxy) is 2. The number of hydrogen-bond acceptors (Lipinski definition) is 5. The molecule has 0 aliphatic carbocycles. The van der Waals surface area contributed by atoms with Crippen LogP contribution in [0.5, 0.6) is 0 Å². The van der Waals surface area contributed by atoms with Crippen LogP contribution in [-0.2, 0) is 20.7 Å². The number of aromatic carboxylic acids is 1. The van der Waals surface area contributed by atoms with Gasteiger partial charge in [-0.3, -0.25) is 4.79 Å². The summed E-state index contributed by atoms with van der Waals surface area (Å²) in [5.41, 5.74) is 0.218. The van der Waals surface area contributed by atoms with Crippen molar-refractivity contribution in [1.29, 1.82) is 0 Å². The molecule has 0 spiro atoms. The number of carboxylic acids is 1. The molecule has 0 unspecified atom stereocenters. The lowest BCUT2D eigenvalue weighted by atomic mass is 9.93. The lowest BCUT2D eigenvalue weighted by Gasteiger charge is -2.18. The zero-order valence-corrected chi connectivity index (χ0v) is 14.6. The molecule has 1 aromatic heterocycles. The van der Waals surface area contributed by atoms with Crippen molar-refractivity contribution in [3.05, 3.63) is 23.5 Å². The van der Waals surface area contributed by atoms with Gasteiger partial charge in [-0.2, -0.15) is 0 Å². The van der Waals surface area contributed by atoms with Gasteiger partial charge in [0.1, 0.15) is 5.69 Å². The number of hydrogen-bond donors (Lipinski definition) is 1. The molecule has 0 aromatic carbocycles. The summed E-state index contributed by atoms with van der Waals surface area (Å²) in [7, 11) is 0. The zero-order valence-electron chi connectivity index (χ0n) is 14.6. The normalized spacial score (nSPS) is 11.2. The maximum Gasteiger partial charge on any atom is 0.418 e. The van der Waals surface area contributed by atoms with E-state index in [9.17, 15) is 19.5 Å². The smallest absolute Gasteiger partial charge is 0.418 e. The fraction of sp³-hybridized carbons (Fsp3) is 0.588. The number of aryl methyl sites for hydroxylation is 1. The summed E-state index contributed by atoms with van der Waals surface area (Å²) in [4.78, 5) is 35.0. The molecule has 7 nitrogen and oxygen atoms in total. The van der Waals surface area contributed by atoms with Crippen LogP contribution in [0.2, 0.25) is 0 Å². The number of carbonyl (C=O) groups is 3. The van der Waals surface area contributed by atoms with E-state index in [1.165, 1.54) is 12.1 Å². The molecule has 0 radical (unpaired) electrons. The Balaban J connectivity index is 2.85. The van der Waals surface area contributed by atoms with Crippen LogP contribution in [0.25, 0.3) is 0 Å². The van der Waals surface area contributed by atoms with Crippen molar-refractivity contribution in [2.24, 2.45) is 5.41 Å². The van der Waals surface area contributed by atoms with E-state index in [0.717, 1.165) is 4.57 Å². The highest BCUT2D eigenvalue weighted by Crippen LogP contribution is 2.19. The number of esters is 1. The van der Waals surface area contributed by atoms with Gasteiger partial charge in [0.05, 0.1) is 19.6 Å². The van der Waals surface area contributed by atoms with E-state index in [4.69, 9.17) is 9.47 Å². The lowest BCUT2D eigenvalue weighted by molar-refractivity contribution is -0.143. The first-order valence-electron chi connectivity index (χ1n) is 7.92. The first-order valence-corrected chi connectivity index (χ1v) is 7.92. The third kappa shape index (κ3) is 6.06. The predicted octanol–water partition coefficient (Wildman–Crippen LogP) is 3.10. The van der Waals surface area contributed by atoms with Crippen LogP contribution < -0.4 is 0 Å². The van der Waals surface area contributed by atoms with Gasteiger partial charge in [0, 0.05) is 5.69 Å². The summed E-state index contributed by atoms with van der Waals surface area (Å²) < 4.78 is 11.0. The van der Waals surface area contributed by atoms with E-state index >= 15 is 0 Å². The van der Waals surface area contributed by atoms with E-state index in [1.54, 1.807) is 6.92 Å². The summed E-state index contributed by atoms with van der Waals surface area (Å²) in [5.74, 6) is -1.63. The summed E-state index contributed by atoms with van der Waals surface area (Å²) in [6.07, 6.45) is 0.160. The average Bonchev–Trinajstić information content (AvgIpc) is 2.88. The Kier molecular flexibility index (Phi) is 7.00. The van der Waals surface area contributed by atoms with Crippen molar-refractivity contribution >= 4 is 18.0 Å². The lowest BCUT2D eigenvalue weighted by Crippen LogP contribution is -2.23. The van der Waals surface area contributed by atoms with E-state index in [1.807, 2.05) is 20.8 Å². The maximum absolute atomic E-state index is 12.3. The van der Waals surface area contributed by atoms with Crippen LogP contribution in [0.4, 0.5) is 4.79 Å². The van der Waals surface area contributed by atoms with Crippen LogP contribution in [0, 0.1) is 5.41 Å². The third-order valence-corrected chi connectivity index (χ3v) is 3.33. The summed E-state index contributed by atoms with van der Waals surface area (Å²) >= 11 is 0. The highest BCUT2D eigenvalue weighted by atomic mass is 16.5. The summed E-state index contributed by atoms with van der Waals surface area (Å²) in [5, 5.41) is 9.22. The van der Waals surface area contributed by atoms with Gasteiger partial charge in [-0.25, -0.2) is 14.2 Å². The number of rotatable bonds is 7. The second-order valence-corrected chi connectivity index (χ2v) is 6.58. The fourth-order valence-corrected chi connectivity index (χ4v) is 2.03. The molecule has 0 fully saturated rings. The highest BCUT2D eigenvalue weighted by molar-refractivity contribution is 5.91. The molecule has 1 N–H and O–H groups in total. The third-order valence-electron chi connectivity index (χ3n) is 3.33. The average molecular weight is 339 g/mol. The van der Waals surface area contributed by atoms with E-state index in [0.29, 0.717) is 12.1 Å². The van der Waals surface area contributed by atoms with E-state index in [2.05, 4.69) is 0 Å². The Hall–Kier alpha value is -2.31. The molecule has 0 aliphatic heterocycles. The maximum atomic E-state index is 12.3. The molecule has 0 saturated heterocycles. The molecule has 7 heteroatoms. The van der Waals surface area contributed by atoms with Crippen molar-refractivity contribution in [2.75, 3.05) is 13.2 Å². The van der Waals surface area contributed by atoms with Gasteiger partial charge in [-0.15, -0.1) is 0 Å². The van der Waals surface area contributed by atoms with Gasteiger partial charge in [-0.05, 0) is 37.3 Å². The molecule has 0 atom stereocenters. The monoisotopic (exact) mass is 339 g/mol. The first-order chi connectivity index (χ1) is 11.2. The van der Waals surface area contributed by atoms with E-state index < -0.39 is 18.0 Å². The van der Waals surface area contributed by atoms with Crippen LogP contribution in [0.1, 0.15) is 56.7 Å². The predicted molar refractivity (Wildman–Crippen MR) is 87.2 cm³/mol. The van der Waals surface area contributed by atoms with Gasteiger partial charge in [0.15, 0.2) is 0 Å². The first kappa shape index (κ1) is 19.7. The molecule has 24 heavy (non-hydrogen) atoms. The van der Waals surface area contributed by atoms with Gasteiger partial charge in [-0.1, -0.05) is 20.8 Å². The number of carbonyl (C=O) groups excluding carboxylic acids is 2. The molecule has 0 saturated carbocycles. The van der Waals surface area contributed by atoms with Crippen molar-refractivity contribution in [3.8, 4) is 0 Å². The number of carboxylic acid groups (broad SMARTS) is 1. The zero-order chi connectivity index (χ0) is 18.3. The van der Waals surface area contributed by atoms with Gasteiger partial charge < -0.3 is 14.6 Å². The second-order valence-electron chi connectivity index (χ2n) is 6.58. The number of nitrogens with zero attached hydrogens (tertiary/aromatic N) is 1. The van der Waals surface area contributed by atoms with Gasteiger partial charge >= 0.3 is 18.0 Å². The molecule has 0 amide bonds.